The second-order valence-corrected chi connectivity index (χ2v) is 6.56. The molecule has 3 amide bonds. The van der Waals surface area contributed by atoms with Gasteiger partial charge >= 0.3 is 0 Å². The van der Waals surface area contributed by atoms with E-state index in [1.165, 1.54) is 4.90 Å². The topological polar surface area (TPSA) is 90.5 Å². The molecule has 0 saturated heterocycles. The largest absolute Gasteiger partial charge is 0.376 e. The van der Waals surface area contributed by atoms with Crippen LogP contribution in [0.1, 0.15) is 30.1 Å². The fourth-order valence-corrected chi connectivity index (χ4v) is 2.50. The first-order chi connectivity index (χ1) is 13.4. The maximum atomic E-state index is 12.2. The molecule has 0 aliphatic rings. The molecule has 0 unspecified atom stereocenters. The molecule has 0 saturated carbocycles. The van der Waals surface area contributed by atoms with E-state index in [1.54, 1.807) is 62.6 Å². The van der Waals surface area contributed by atoms with Crippen molar-refractivity contribution in [1.82, 2.24) is 4.90 Å². The first-order valence-corrected chi connectivity index (χ1v) is 9.14. The van der Waals surface area contributed by atoms with E-state index in [2.05, 4.69) is 16.0 Å². The molecule has 2 aromatic rings. The van der Waals surface area contributed by atoms with Crippen molar-refractivity contribution in [1.29, 1.82) is 0 Å². The summed E-state index contributed by atoms with van der Waals surface area (Å²) >= 11 is 0. The van der Waals surface area contributed by atoms with Crippen LogP contribution in [0.25, 0.3) is 0 Å². The summed E-state index contributed by atoms with van der Waals surface area (Å²) < 4.78 is 0. The lowest BCUT2D eigenvalue weighted by Gasteiger charge is -2.12. The van der Waals surface area contributed by atoms with Gasteiger partial charge in [0, 0.05) is 43.1 Å². The Bertz CT molecular complexity index is 832. The van der Waals surface area contributed by atoms with Crippen molar-refractivity contribution in [2.75, 3.05) is 36.6 Å². The SMILES string of the molecule is CCCC(=O)Nc1cccc(NC(=O)CNc2ccc(C(=O)N(C)C)cc2)c1. The summed E-state index contributed by atoms with van der Waals surface area (Å²) in [6, 6.07) is 14.0. The van der Waals surface area contributed by atoms with Crippen LogP contribution in [0, 0.1) is 0 Å². The molecule has 0 fully saturated rings. The van der Waals surface area contributed by atoms with E-state index < -0.39 is 0 Å². The van der Waals surface area contributed by atoms with Gasteiger partial charge in [-0.1, -0.05) is 13.0 Å². The number of amides is 3. The number of benzene rings is 2. The summed E-state index contributed by atoms with van der Waals surface area (Å²) in [6.45, 7) is 2.02. The average molecular weight is 382 g/mol. The molecule has 0 aliphatic heterocycles. The third-order valence-corrected chi connectivity index (χ3v) is 3.90. The minimum absolute atomic E-state index is 0.0520. The number of carbonyl (C=O) groups is 3. The molecule has 148 valence electrons. The lowest BCUT2D eigenvalue weighted by molar-refractivity contribution is -0.116. The number of hydrogen-bond acceptors (Lipinski definition) is 4. The number of rotatable bonds is 8. The predicted octanol–water partition coefficient (Wildman–Crippen LogP) is 3.18. The van der Waals surface area contributed by atoms with Gasteiger partial charge in [0.1, 0.15) is 0 Å². The zero-order valence-corrected chi connectivity index (χ0v) is 16.4. The molecule has 2 rings (SSSR count). The molecule has 0 aliphatic carbocycles. The van der Waals surface area contributed by atoms with E-state index in [-0.39, 0.29) is 24.3 Å². The summed E-state index contributed by atoms with van der Waals surface area (Å²) in [6.07, 6.45) is 1.23. The zero-order chi connectivity index (χ0) is 20.5. The van der Waals surface area contributed by atoms with Gasteiger partial charge in [-0.15, -0.1) is 0 Å². The fraction of sp³-hybridized carbons (Fsp3) is 0.286. The summed E-state index contributed by atoms with van der Waals surface area (Å²) in [5.41, 5.74) is 2.58. The highest BCUT2D eigenvalue weighted by molar-refractivity contribution is 5.96. The normalized spacial score (nSPS) is 10.1. The third-order valence-electron chi connectivity index (χ3n) is 3.90. The molecule has 2 aromatic carbocycles. The fourth-order valence-electron chi connectivity index (χ4n) is 2.50. The van der Waals surface area contributed by atoms with Crippen molar-refractivity contribution in [2.24, 2.45) is 0 Å². The highest BCUT2D eigenvalue weighted by Crippen LogP contribution is 2.16. The molecule has 3 N–H and O–H groups in total. The highest BCUT2D eigenvalue weighted by atomic mass is 16.2. The van der Waals surface area contributed by atoms with Crippen molar-refractivity contribution >= 4 is 34.8 Å². The Labute approximate surface area is 165 Å². The lowest BCUT2D eigenvalue weighted by atomic mass is 10.2. The number of nitrogens with zero attached hydrogens (tertiary/aromatic N) is 1. The molecule has 0 aromatic heterocycles. The number of hydrogen-bond donors (Lipinski definition) is 3. The molecule has 0 spiro atoms. The van der Waals surface area contributed by atoms with Crippen LogP contribution in [-0.2, 0) is 9.59 Å². The summed E-state index contributed by atoms with van der Waals surface area (Å²) in [4.78, 5) is 37.2. The van der Waals surface area contributed by atoms with Gasteiger partial charge in [-0.3, -0.25) is 14.4 Å². The Morgan fingerprint density at radius 2 is 1.46 bits per heavy atom. The van der Waals surface area contributed by atoms with Gasteiger partial charge in [0.15, 0.2) is 0 Å². The molecular weight excluding hydrogens is 356 g/mol. The van der Waals surface area contributed by atoms with Crippen LogP contribution >= 0.6 is 0 Å². The van der Waals surface area contributed by atoms with Gasteiger partial charge in [-0.2, -0.15) is 0 Å². The van der Waals surface area contributed by atoms with Gasteiger partial charge in [-0.05, 0) is 48.9 Å². The zero-order valence-electron chi connectivity index (χ0n) is 16.4. The van der Waals surface area contributed by atoms with Crippen LogP contribution in [0.15, 0.2) is 48.5 Å². The Morgan fingerprint density at radius 1 is 0.857 bits per heavy atom. The smallest absolute Gasteiger partial charge is 0.253 e. The maximum Gasteiger partial charge on any atom is 0.253 e. The van der Waals surface area contributed by atoms with E-state index in [0.29, 0.717) is 23.4 Å². The van der Waals surface area contributed by atoms with Crippen LogP contribution in [0.5, 0.6) is 0 Å². The molecule has 7 nitrogen and oxygen atoms in total. The van der Waals surface area contributed by atoms with E-state index in [1.807, 2.05) is 6.92 Å². The molecule has 28 heavy (non-hydrogen) atoms. The average Bonchev–Trinajstić information content (AvgIpc) is 2.66. The second kappa shape index (κ2) is 10.1. The molecular formula is C21H26N4O3. The standard InChI is InChI=1S/C21H26N4O3/c1-4-6-19(26)23-17-7-5-8-18(13-17)24-20(27)14-22-16-11-9-15(10-12-16)21(28)25(2)3/h5,7-13,22H,4,6,14H2,1-3H3,(H,23,26)(H,24,27). The third kappa shape index (κ3) is 6.42. The predicted molar refractivity (Wildman–Crippen MR) is 112 cm³/mol. The number of anilines is 3. The minimum Gasteiger partial charge on any atom is -0.376 e. The molecule has 0 atom stereocenters. The number of carbonyl (C=O) groups excluding carboxylic acids is 3. The monoisotopic (exact) mass is 382 g/mol. The van der Waals surface area contributed by atoms with Crippen LogP contribution < -0.4 is 16.0 Å². The van der Waals surface area contributed by atoms with E-state index >= 15 is 0 Å². The van der Waals surface area contributed by atoms with Crippen molar-refractivity contribution in [3.05, 3.63) is 54.1 Å². The Balaban J connectivity index is 1.87. The quantitative estimate of drug-likeness (QED) is 0.654. The van der Waals surface area contributed by atoms with Crippen LogP contribution in [-0.4, -0.2) is 43.3 Å². The second-order valence-electron chi connectivity index (χ2n) is 6.56. The van der Waals surface area contributed by atoms with Crippen LogP contribution in [0.3, 0.4) is 0 Å². The maximum absolute atomic E-state index is 12.2. The van der Waals surface area contributed by atoms with Gasteiger partial charge in [0.25, 0.3) is 5.91 Å². The highest BCUT2D eigenvalue weighted by Gasteiger charge is 2.08. The molecule has 0 heterocycles. The molecule has 7 heteroatoms. The van der Waals surface area contributed by atoms with Crippen LogP contribution in [0.2, 0.25) is 0 Å². The Morgan fingerprint density at radius 3 is 2.04 bits per heavy atom. The summed E-state index contributed by atoms with van der Waals surface area (Å²) in [7, 11) is 3.39. The van der Waals surface area contributed by atoms with E-state index in [9.17, 15) is 14.4 Å². The molecule has 0 bridgehead atoms. The van der Waals surface area contributed by atoms with Gasteiger partial charge in [0.05, 0.1) is 6.54 Å². The van der Waals surface area contributed by atoms with Gasteiger partial charge < -0.3 is 20.9 Å². The van der Waals surface area contributed by atoms with Crippen molar-refractivity contribution < 1.29 is 14.4 Å². The van der Waals surface area contributed by atoms with E-state index in [4.69, 9.17) is 0 Å². The Kier molecular flexibility index (Phi) is 7.56. The minimum atomic E-state index is -0.217. The molecule has 0 radical (unpaired) electrons. The van der Waals surface area contributed by atoms with Crippen molar-refractivity contribution in [2.45, 2.75) is 19.8 Å². The van der Waals surface area contributed by atoms with Crippen molar-refractivity contribution in [3.63, 3.8) is 0 Å². The first-order valence-electron chi connectivity index (χ1n) is 9.14. The lowest BCUT2D eigenvalue weighted by Crippen LogP contribution is -2.22. The van der Waals surface area contributed by atoms with Gasteiger partial charge in [0.2, 0.25) is 11.8 Å². The number of nitrogens with one attached hydrogen (secondary N) is 3. The first kappa shape index (κ1) is 21.0. The summed E-state index contributed by atoms with van der Waals surface area (Å²) in [5.74, 6) is -0.343. The summed E-state index contributed by atoms with van der Waals surface area (Å²) in [5, 5.41) is 8.61. The van der Waals surface area contributed by atoms with Gasteiger partial charge in [-0.25, -0.2) is 0 Å². The van der Waals surface area contributed by atoms with E-state index in [0.717, 1.165) is 12.1 Å². The Hall–Kier alpha value is -3.35. The van der Waals surface area contributed by atoms with Crippen molar-refractivity contribution in [3.8, 4) is 0 Å². The van der Waals surface area contributed by atoms with Crippen LogP contribution in [0.4, 0.5) is 17.1 Å².